The summed E-state index contributed by atoms with van der Waals surface area (Å²) in [6.07, 6.45) is 0.0175. The molecule has 7 nitrogen and oxygen atoms in total. The Balaban J connectivity index is 1.94. The Hall–Kier alpha value is -2.41. The normalized spacial score (nSPS) is 19.0. The van der Waals surface area contributed by atoms with E-state index < -0.39 is 12.2 Å². The van der Waals surface area contributed by atoms with Crippen LogP contribution in [0, 0.1) is 0 Å². The number of urea groups is 1. The second kappa shape index (κ2) is 5.96. The summed E-state index contributed by atoms with van der Waals surface area (Å²) in [5.74, 6) is 0. The number of para-hydroxylation sites is 1. The molecule has 1 aliphatic heterocycles. The first kappa shape index (κ1) is 13.0. The molecular formula is C12H15N5O2. The van der Waals surface area contributed by atoms with E-state index in [1.807, 2.05) is 18.2 Å². The van der Waals surface area contributed by atoms with Gasteiger partial charge < -0.3 is 5.32 Å². The summed E-state index contributed by atoms with van der Waals surface area (Å²) < 4.78 is 0. The number of hydrazone groups is 1. The van der Waals surface area contributed by atoms with Gasteiger partial charge in [0.2, 0.25) is 0 Å². The van der Waals surface area contributed by atoms with Crippen LogP contribution < -0.4 is 16.2 Å². The number of hydrogen-bond donors (Lipinski definition) is 3. The van der Waals surface area contributed by atoms with Gasteiger partial charge in [-0.05, 0) is 19.1 Å². The highest BCUT2D eigenvalue weighted by molar-refractivity contribution is 5.90. The van der Waals surface area contributed by atoms with E-state index in [1.54, 1.807) is 19.1 Å². The van der Waals surface area contributed by atoms with Gasteiger partial charge in [0.1, 0.15) is 0 Å². The average molecular weight is 261 g/mol. The van der Waals surface area contributed by atoms with Crippen molar-refractivity contribution in [2.75, 3.05) is 11.9 Å². The van der Waals surface area contributed by atoms with Crippen molar-refractivity contribution in [3.05, 3.63) is 30.3 Å². The van der Waals surface area contributed by atoms with Crippen molar-refractivity contribution < 1.29 is 9.59 Å². The molecule has 1 aromatic carbocycles. The van der Waals surface area contributed by atoms with Gasteiger partial charge in [-0.25, -0.2) is 4.79 Å². The summed E-state index contributed by atoms with van der Waals surface area (Å²) in [6, 6.07) is 8.65. The van der Waals surface area contributed by atoms with Crippen LogP contribution in [-0.2, 0) is 4.79 Å². The van der Waals surface area contributed by atoms with Crippen molar-refractivity contribution in [1.29, 1.82) is 0 Å². The van der Waals surface area contributed by atoms with Gasteiger partial charge in [-0.3, -0.25) is 15.6 Å². The number of carbonyl (C=O) groups is 2. The van der Waals surface area contributed by atoms with E-state index in [2.05, 4.69) is 21.3 Å². The van der Waals surface area contributed by atoms with Crippen LogP contribution in [0.25, 0.3) is 0 Å². The molecule has 2 rings (SSSR count). The molecule has 3 N–H and O–H groups in total. The van der Waals surface area contributed by atoms with E-state index in [4.69, 9.17) is 0 Å². The minimum absolute atomic E-state index is 0.388. The first-order chi connectivity index (χ1) is 9.19. The van der Waals surface area contributed by atoms with Crippen LogP contribution in [0.5, 0.6) is 0 Å². The Labute approximate surface area is 110 Å². The predicted molar refractivity (Wildman–Crippen MR) is 71.4 cm³/mol. The van der Waals surface area contributed by atoms with Gasteiger partial charge in [-0.2, -0.15) is 10.1 Å². The third-order valence-electron chi connectivity index (χ3n) is 2.53. The number of nitrogens with one attached hydrogen (secondary N) is 3. The van der Waals surface area contributed by atoms with Crippen LogP contribution in [0.2, 0.25) is 0 Å². The molecule has 0 fully saturated rings. The molecule has 1 aliphatic rings. The molecule has 0 spiro atoms. The molecule has 1 aromatic rings. The molecule has 100 valence electrons. The summed E-state index contributed by atoms with van der Waals surface area (Å²) in [4.78, 5) is 22.7. The molecule has 19 heavy (non-hydrogen) atoms. The van der Waals surface area contributed by atoms with Crippen LogP contribution in [0.1, 0.15) is 6.92 Å². The Morgan fingerprint density at radius 2 is 2.21 bits per heavy atom. The third kappa shape index (κ3) is 3.52. The monoisotopic (exact) mass is 261 g/mol. The largest absolute Gasteiger partial charge is 0.333 e. The van der Waals surface area contributed by atoms with Gasteiger partial charge in [0.05, 0.1) is 12.3 Å². The number of amides is 2. The molecule has 0 saturated carbocycles. The molecule has 1 unspecified atom stereocenters. The fourth-order valence-corrected chi connectivity index (χ4v) is 1.65. The van der Waals surface area contributed by atoms with Gasteiger partial charge in [-0.1, -0.05) is 18.2 Å². The summed E-state index contributed by atoms with van der Waals surface area (Å²) in [5, 5.41) is 8.10. The number of aldehydes is 1. The van der Waals surface area contributed by atoms with Crippen LogP contribution >= 0.6 is 0 Å². The highest BCUT2D eigenvalue weighted by Crippen LogP contribution is 2.05. The molecule has 0 aliphatic carbocycles. The van der Waals surface area contributed by atoms with Crippen molar-refractivity contribution in [1.82, 2.24) is 15.9 Å². The van der Waals surface area contributed by atoms with Gasteiger partial charge in [0, 0.05) is 5.69 Å². The molecule has 0 radical (unpaired) electrons. The highest BCUT2D eigenvalue weighted by atomic mass is 16.2. The minimum Gasteiger partial charge on any atom is -0.307 e. The number of rotatable bonds is 3. The van der Waals surface area contributed by atoms with Crippen molar-refractivity contribution in [2.24, 2.45) is 5.10 Å². The molecule has 0 aromatic heterocycles. The predicted octanol–water partition coefficient (Wildman–Crippen LogP) is 0.529. The second-order valence-corrected chi connectivity index (χ2v) is 4.12. The number of carbonyl (C=O) groups excluding carboxylic acids is 2. The topological polar surface area (TPSA) is 85.8 Å². The molecular weight excluding hydrogens is 246 g/mol. The number of nitrogens with zero attached hydrogens (tertiary/aromatic N) is 2. The average Bonchev–Trinajstić information content (AvgIpc) is 2.40. The lowest BCUT2D eigenvalue weighted by molar-refractivity contribution is -0.114. The lowest BCUT2D eigenvalue weighted by Crippen LogP contribution is -2.59. The third-order valence-corrected chi connectivity index (χ3v) is 2.53. The molecule has 0 saturated heterocycles. The van der Waals surface area contributed by atoms with E-state index in [9.17, 15) is 9.59 Å². The molecule has 1 heterocycles. The highest BCUT2D eigenvalue weighted by Gasteiger charge is 2.23. The van der Waals surface area contributed by atoms with E-state index in [0.717, 1.165) is 5.71 Å². The first-order valence-electron chi connectivity index (χ1n) is 5.82. The van der Waals surface area contributed by atoms with Crippen LogP contribution in [0.4, 0.5) is 10.5 Å². The molecule has 1 atom stereocenters. The SMILES string of the molecule is CC1=NNC(C=O)N(NC(=O)Nc2ccccc2)C1. The minimum atomic E-state index is -0.662. The van der Waals surface area contributed by atoms with E-state index in [-0.39, 0.29) is 0 Å². The van der Waals surface area contributed by atoms with E-state index in [0.29, 0.717) is 18.5 Å². The molecule has 2 amide bonds. The molecule has 0 bridgehead atoms. The maximum absolute atomic E-state index is 11.8. The first-order valence-corrected chi connectivity index (χ1v) is 5.82. The van der Waals surface area contributed by atoms with Gasteiger partial charge in [0.15, 0.2) is 12.5 Å². The maximum atomic E-state index is 11.8. The zero-order valence-corrected chi connectivity index (χ0v) is 10.5. The second-order valence-electron chi connectivity index (χ2n) is 4.12. The number of hydrazine groups is 1. The summed E-state index contributed by atoms with van der Waals surface area (Å²) in [5.41, 5.74) is 6.70. The Bertz CT molecular complexity index is 488. The Morgan fingerprint density at radius 1 is 1.47 bits per heavy atom. The maximum Gasteiger partial charge on any atom is 0.333 e. The van der Waals surface area contributed by atoms with Crippen LogP contribution in [0.3, 0.4) is 0 Å². The van der Waals surface area contributed by atoms with E-state index >= 15 is 0 Å². The van der Waals surface area contributed by atoms with Gasteiger partial charge in [0.25, 0.3) is 0 Å². The quantitative estimate of drug-likeness (QED) is 0.693. The Kier molecular flexibility index (Phi) is 4.09. The molecule has 7 heteroatoms. The lowest BCUT2D eigenvalue weighted by atomic mass is 10.3. The number of hydrogen-bond acceptors (Lipinski definition) is 5. The Morgan fingerprint density at radius 3 is 2.89 bits per heavy atom. The van der Waals surface area contributed by atoms with Crippen molar-refractivity contribution in [3.63, 3.8) is 0 Å². The van der Waals surface area contributed by atoms with E-state index in [1.165, 1.54) is 5.01 Å². The fraction of sp³-hybridized carbons (Fsp3) is 0.250. The van der Waals surface area contributed by atoms with Crippen molar-refractivity contribution in [3.8, 4) is 0 Å². The summed E-state index contributed by atoms with van der Waals surface area (Å²) >= 11 is 0. The van der Waals surface area contributed by atoms with Crippen molar-refractivity contribution >= 4 is 23.7 Å². The summed E-state index contributed by atoms with van der Waals surface area (Å²) in [6.45, 7) is 2.19. The lowest BCUT2D eigenvalue weighted by Gasteiger charge is -2.31. The fourth-order valence-electron chi connectivity index (χ4n) is 1.65. The smallest absolute Gasteiger partial charge is 0.307 e. The van der Waals surface area contributed by atoms with Crippen molar-refractivity contribution in [2.45, 2.75) is 13.1 Å². The standard InChI is InChI=1S/C12H15N5O2/c1-9-7-17(11(8-18)15-14-9)16-12(19)13-10-5-3-2-4-6-10/h2-6,8,11,15H,7H2,1H3,(H2,13,16,19). The number of anilines is 1. The zero-order valence-electron chi connectivity index (χ0n) is 10.5. The zero-order chi connectivity index (χ0) is 13.7. The van der Waals surface area contributed by atoms with Gasteiger partial charge in [-0.15, -0.1) is 0 Å². The number of benzene rings is 1. The van der Waals surface area contributed by atoms with Crippen LogP contribution in [-0.4, -0.2) is 35.7 Å². The van der Waals surface area contributed by atoms with Crippen LogP contribution in [0.15, 0.2) is 35.4 Å². The van der Waals surface area contributed by atoms with Gasteiger partial charge >= 0.3 is 6.03 Å². The summed E-state index contributed by atoms with van der Waals surface area (Å²) in [7, 11) is 0.